The Balaban J connectivity index is 2.14. The molecule has 1 aliphatic rings. The number of amides is 1. The van der Waals surface area contributed by atoms with Crippen LogP contribution in [-0.2, 0) is 14.6 Å². The van der Waals surface area contributed by atoms with Crippen molar-refractivity contribution in [1.29, 1.82) is 0 Å². The topological polar surface area (TPSA) is 54.5 Å². The van der Waals surface area contributed by atoms with Gasteiger partial charge in [-0.2, -0.15) is 0 Å². The van der Waals surface area contributed by atoms with E-state index in [-0.39, 0.29) is 10.8 Å². The van der Waals surface area contributed by atoms with Crippen molar-refractivity contribution in [3.05, 3.63) is 82.9 Å². The monoisotopic (exact) mass is 401 g/mol. The molecule has 1 heterocycles. The van der Waals surface area contributed by atoms with E-state index in [0.717, 1.165) is 16.7 Å². The Bertz CT molecular complexity index is 1010. The third kappa shape index (κ3) is 4.15. The highest BCUT2D eigenvalue weighted by molar-refractivity contribution is 7.90. The number of hydrogen-bond donors (Lipinski definition) is 0. The van der Waals surface area contributed by atoms with E-state index >= 15 is 0 Å². The molecule has 0 unspecified atom stereocenters. The molecule has 1 saturated heterocycles. The minimum absolute atomic E-state index is 0.0213. The Kier molecular flexibility index (Phi) is 5.53. The third-order valence-electron chi connectivity index (χ3n) is 4.53. The van der Waals surface area contributed by atoms with E-state index in [2.05, 4.69) is 6.58 Å². The van der Waals surface area contributed by atoms with Crippen molar-refractivity contribution in [1.82, 2.24) is 4.90 Å². The second-order valence-corrected chi connectivity index (χ2v) is 8.90. The highest BCUT2D eigenvalue weighted by atomic mass is 35.5. The van der Waals surface area contributed by atoms with Crippen molar-refractivity contribution >= 4 is 32.9 Å². The molecule has 4 nitrogen and oxygen atoms in total. The van der Waals surface area contributed by atoms with Gasteiger partial charge in [-0.3, -0.25) is 4.79 Å². The number of rotatable bonds is 5. The molecule has 0 atom stereocenters. The molecule has 0 spiro atoms. The SMILES string of the molecule is C=CCN1CC/C(=C(\c2ccc(Cl)cc2)c2ccc(S(C)(=O)=O)cc2)C1=O. The first kappa shape index (κ1) is 19.4. The molecule has 0 aliphatic carbocycles. The van der Waals surface area contributed by atoms with Crippen LogP contribution in [-0.4, -0.2) is 38.6 Å². The second-order valence-electron chi connectivity index (χ2n) is 6.45. The Morgan fingerprint density at radius 1 is 1.11 bits per heavy atom. The molecule has 1 amide bonds. The predicted octanol–water partition coefficient (Wildman–Crippen LogP) is 3.96. The van der Waals surface area contributed by atoms with Crippen molar-refractivity contribution in [3.8, 4) is 0 Å². The van der Waals surface area contributed by atoms with Gasteiger partial charge in [0.15, 0.2) is 9.84 Å². The summed E-state index contributed by atoms with van der Waals surface area (Å²) in [5, 5.41) is 0.613. The molecule has 0 saturated carbocycles. The van der Waals surface area contributed by atoms with Crippen LogP contribution in [0.2, 0.25) is 5.02 Å². The second kappa shape index (κ2) is 7.71. The van der Waals surface area contributed by atoms with E-state index in [9.17, 15) is 13.2 Å². The first-order valence-electron chi connectivity index (χ1n) is 8.51. The van der Waals surface area contributed by atoms with Gasteiger partial charge in [-0.15, -0.1) is 6.58 Å². The van der Waals surface area contributed by atoms with Gasteiger partial charge in [0, 0.05) is 29.9 Å². The van der Waals surface area contributed by atoms with E-state index < -0.39 is 9.84 Å². The maximum absolute atomic E-state index is 12.9. The van der Waals surface area contributed by atoms with Gasteiger partial charge in [-0.05, 0) is 47.4 Å². The van der Waals surface area contributed by atoms with E-state index in [1.807, 2.05) is 12.1 Å². The van der Waals surface area contributed by atoms with Crippen LogP contribution < -0.4 is 0 Å². The highest BCUT2D eigenvalue weighted by Crippen LogP contribution is 2.33. The van der Waals surface area contributed by atoms with Crippen LogP contribution >= 0.6 is 11.6 Å². The van der Waals surface area contributed by atoms with Crippen LogP contribution in [0.4, 0.5) is 0 Å². The van der Waals surface area contributed by atoms with Crippen LogP contribution in [0.5, 0.6) is 0 Å². The van der Waals surface area contributed by atoms with Gasteiger partial charge >= 0.3 is 0 Å². The van der Waals surface area contributed by atoms with Crippen LogP contribution in [0, 0.1) is 0 Å². The van der Waals surface area contributed by atoms with Gasteiger partial charge in [0.25, 0.3) is 5.91 Å². The zero-order valence-electron chi connectivity index (χ0n) is 15.0. The highest BCUT2D eigenvalue weighted by Gasteiger charge is 2.29. The molecule has 0 N–H and O–H groups in total. The summed E-state index contributed by atoms with van der Waals surface area (Å²) in [6, 6.07) is 13.9. The summed E-state index contributed by atoms with van der Waals surface area (Å²) in [5.74, 6) is -0.0213. The molecule has 27 heavy (non-hydrogen) atoms. The fourth-order valence-corrected chi connectivity index (χ4v) is 3.97. The number of benzene rings is 2. The summed E-state index contributed by atoms with van der Waals surface area (Å²) >= 11 is 6.02. The Morgan fingerprint density at radius 3 is 2.19 bits per heavy atom. The summed E-state index contributed by atoms with van der Waals surface area (Å²) in [5.41, 5.74) is 3.19. The Labute approximate surface area is 164 Å². The van der Waals surface area contributed by atoms with E-state index in [1.54, 1.807) is 47.4 Å². The number of likely N-dealkylation sites (tertiary alicyclic amines) is 1. The first-order chi connectivity index (χ1) is 12.8. The third-order valence-corrected chi connectivity index (χ3v) is 5.91. The van der Waals surface area contributed by atoms with Crippen LogP contribution in [0.25, 0.3) is 5.57 Å². The molecule has 2 aromatic carbocycles. The van der Waals surface area contributed by atoms with Gasteiger partial charge in [0.05, 0.1) is 4.90 Å². The standard InChI is InChI=1S/C21H20ClNO3S/c1-3-13-23-14-12-19(21(23)24)20(15-4-8-17(22)9-5-15)16-6-10-18(11-7-16)27(2,25)26/h3-11H,1,12-14H2,2H3/b20-19-. The van der Waals surface area contributed by atoms with E-state index in [4.69, 9.17) is 11.6 Å². The minimum Gasteiger partial charge on any atom is -0.335 e. The normalized spacial score (nSPS) is 16.5. The van der Waals surface area contributed by atoms with Crippen molar-refractivity contribution in [2.75, 3.05) is 19.3 Å². The fraction of sp³-hybridized carbons (Fsp3) is 0.190. The molecule has 3 rings (SSSR count). The molecular formula is C21H20ClNO3S. The smallest absolute Gasteiger partial charge is 0.250 e. The van der Waals surface area contributed by atoms with Crippen LogP contribution in [0.3, 0.4) is 0 Å². The maximum atomic E-state index is 12.9. The maximum Gasteiger partial charge on any atom is 0.250 e. The average molecular weight is 402 g/mol. The summed E-state index contributed by atoms with van der Waals surface area (Å²) in [6.45, 7) is 4.85. The van der Waals surface area contributed by atoms with Gasteiger partial charge < -0.3 is 4.90 Å². The summed E-state index contributed by atoms with van der Waals surface area (Å²) in [7, 11) is -3.28. The molecule has 1 fully saturated rings. The molecule has 140 valence electrons. The number of carbonyl (C=O) groups is 1. The quantitative estimate of drug-likeness (QED) is 0.562. The summed E-state index contributed by atoms with van der Waals surface area (Å²) in [4.78, 5) is 14.9. The van der Waals surface area contributed by atoms with Crippen LogP contribution in [0.1, 0.15) is 17.5 Å². The molecular weight excluding hydrogens is 382 g/mol. The van der Waals surface area contributed by atoms with Gasteiger partial charge in [0.1, 0.15) is 0 Å². The number of carbonyl (C=O) groups excluding carboxylic acids is 1. The Morgan fingerprint density at radius 2 is 1.67 bits per heavy atom. The lowest BCUT2D eigenvalue weighted by Crippen LogP contribution is -2.25. The number of halogens is 1. The predicted molar refractivity (Wildman–Crippen MR) is 108 cm³/mol. The summed E-state index contributed by atoms with van der Waals surface area (Å²) in [6.07, 6.45) is 3.51. The molecule has 0 radical (unpaired) electrons. The number of sulfone groups is 1. The van der Waals surface area contributed by atoms with Crippen molar-refractivity contribution in [2.45, 2.75) is 11.3 Å². The molecule has 1 aliphatic heterocycles. The average Bonchev–Trinajstić information content (AvgIpc) is 2.98. The molecule has 6 heteroatoms. The van der Waals surface area contributed by atoms with Gasteiger partial charge in [0.2, 0.25) is 0 Å². The lowest BCUT2D eigenvalue weighted by Gasteiger charge is -2.15. The fourth-order valence-electron chi connectivity index (χ4n) is 3.21. The number of nitrogens with zero attached hydrogens (tertiary/aromatic N) is 1. The lowest BCUT2D eigenvalue weighted by atomic mass is 9.92. The largest absolute Gasteiger partial charge is 0.335 e. The first-order valence-corrected chi connectivity index (χ1v) is 10.8. The summed E-state index contributed by atoms with van der Waals surface area (Å²) < 4.78 is 23.5. The van der Waals surface area contributed by atoms with Crippen LogP contribution in [0.15, 0.2) is 71.7 Å². The van der Waals surface area contributed by atoms with Gasteiger partial charge in [-0.25, -0.2) is 8.42 Å². The van der Waals surface area contributed by atoms with Gasteiger partial charge in [-0.1, -0.05) is 41.9 Å². The van der Waals surface area contributed by atoms with E-state index in [1.165, 1.54) is 6.26 Å². The van der Waals surface area contributed by atoms with Crippen molar-refractivity contribution in [2.24, 2.45) is 0 Å². The minimum atomic E-state index is -3.28. The number of hydrogen-bond acceptors (Lipinski definition) is 3. The molecule has 0 aromatic heterocycles. The van der Waals surface area contributed by atoms with E-state index in [0.29, 0.717) is 30.1 Å². The zero-order chi connectivity index (χ0) is 19.6. The lowest BCUT2D eigenvalue weighted by molar-refractivity contribution is -0.124. The Hall–Kier alpha value is -2.37. The van der Waals surface area contributed by atoms with Crippen molar-refractivity contribution < 1.29 is 13.2 Å². The molecule has 0 bridgehead atoms. The zero-order valence-corrected chi connectivity index (χ0v) is 16.6. The molecule has 2 aromatic rings. The van der Waals surface area contributed by atoms with Crippen molar-refractivity contribution in [3.63, 3.8) is 0 Å².